The van der Waals surface area contributed by atoms with E-state index in [-0.39, 0.29) is 22.6 Å². The van der Waals surface area contributed by atoms with Gasteiger partial charge in [0.25, 0.3) is 0 Å². The van der Waals surface area contributed by atoms with Gasteiger partial charge in [0.05, 0.1) is 0 Å². The molecule has 1 unspecified atom stereocenters. The molecule has 1 atom stereocenters. The van der Waals surface area contributed by atoms with Gasteiger partial charge < -0.3 is 5.73 Å². The summed E-state index contributed by atoms with van der Waals surface area (Å²) in [5, 5.41) is 0. The third-order valence-corrected chi connectivity index (χ3v) is 2.74. The van der Waals surface area contributed by atoms with Gasteiger partial charge in [-0.15, -0.1) is 0 Å². The third-order valence-electron chi connectivity index (χ3n) is 2.01. The summed E-state index contributed by atoms with van der Waals surface area (Å²) in [4.78, 5) is 0.209. The Hall–Kier alpha value is -0.680. The van der Waals surface area contributed by atoms with Crippen LogP contribution in [0.2, 0.25) is 0 Å². The number of benzene rings is 1. The predicted octanol–water partition coefficient (Wildman–Crippen LogP) is 3.36. The molecule has 0 aliphatic rings. The topological polar surface area (TPSA) is 26.0 Å². The SMILES string of the molecule is CC(CN)c1cccc(SC(F)(F)F)c1. The van der Waals surface area contributed by atoms with Gasteiger partial charge in [-0.1, -0.05) is 19.1 Å². The molecular formula is C10H12F3NS. The van der Waals surface area contributed by atoms with Gasteiger partial charge in [-0.05, 0) is 41.9 Å². The highest BCUT2D eigenvalue weighted by molar-refractivity contribution is 8.00. The molecule has 0 heterocycles. The van der Waals surface area contributed by atoms with Crippen LogP contribution in [0.1, 0.15) is 18.4 Å². The van der Waals surface area contributed by atoms with Crippen molar-refractivity contribution >= 4 is 11.8 Å². The summed E-state index contributed by atoms with van der Waals surface area (Å²) in [5.74, 6) is 0.0822. The van der Waals surface area contributed by atoms with Crippen LogP contribution in [-0.2, 0) is 0 Å². The maximum atomic E-state index is 12.1. The zero-order chi connectivity index (χ0) is 11.5. The molecule has 0 spiro atoms. The number of hydrogen-bond donors (Lipinski definition) is 1. The lowest BCUT2D eigenvalue weighted by atomic mass is 10.0. The Morgan fingerprint density at radius 3 is 2.60 bits per heavy atom. The first-order chi connectivity index (χ1) is 6.92. The second kappa shape index (κ2) is 4.90. The first-order valence-electron chi connectivity index (χ1n) is 4.48. The van der Waals surface area contributed by atoms with Crippen molar-refractivity contribution < 1.29 is 13.2 Å². The van der Waals surface area contributed by atoms with Gasteiger partial charge in [0.15, 0.2) is 0 Å². The molecule has 5 heteroatoms. The summed E-state index contributed by atoms with van der Waals surface area (Å²) in [6.45, 7) is 2.32. The summed E-state index contributed by atoms with van der Waals surface area (Å²) in [5.41, 5.74) is 2.06. The van der Waals surface area contributed by atoms with Crippen molar-refractivity contribution in [3.8, 4) is 0 Å². The molecule has 0 fully saturated rings. The van der Waals surface area contributed by atoms with E-state index in [0.29, 0.717) is 6.54 Å². The molecular weight excluding hydrogens is 223 g/mol. The van der Waals surface area contributed by atoms with Crippen molar-refractivity contribution in [3.63, 3.8) is 0 Å². The number of hydrogen-bond acceptors (Lipinski definition) is 2. The Balaban J connectivity index is 2.83. The third kappa shape index (κ3) is 4.13. The lowest BCUT2D eigenvalue weighted by molar-refractivity contribution is -0.0328. The second-order valence-electron chi connectivity index (χ2n) is 3.26. The Bertz CT molecular complexity index is 325. The van der Waals surface area contributed by atoms with E-state index in [1.807, 2.05) is 6.92 Å². The molecule has 2 N–H and O–H groups in total. The smallest absolute Gasteiger partial charge is 0.330 e. The standard InChI is InChI=1S/C10H12F3NS/c1-7(6-14)8-3-2-4-9(5-8)15-10(11,12)13/h2-5,7H,6,14H2,1H3. The van der Waals surface area contributed by atoms with Crippen molar-refractivity contribution in [2.45, 2.75) is 23.2 Å². The lowest BCUT2D eigenvalue weighted by Gasteiger charge is -2.11. The van der Waals surface area contributed by atoms with Gasteiger partial charge in [0.2, 0.25) is 0 Å². The Morgan fingerprint density at radius 1 is 1.40 bits per heavy atom. The van der Waals surface area contributed by atoms with Gasteiger partial charge >= 0.3 is 5.51 Å². The molecule has 0 aliphatic heterocycles. The van der Waals surface area contributed by atoms with E-state index in [2.05, 4.69) is 0 Å². The van der Waals surface area contributed by atoms with Crippen LogP contribution in [0.5, 0.6) is 0 Å². The van der Waals surface area contributed by atoms with Crippen LogP contribution in [0.15, 0.2) is 29.2 Å². The summed E-state index contributed by atoms with van der Waals surface area (Å²) >= 11 is -0.0980. The molecule has 0 amide bonds. The zero-order valence-corrected chi connectivity index (χ0v) is 9.03. The molecule has 1 aromatic carbocycles. The van der Waals surface area contributed by atoms with Crippen LogP contribution < -0.4 is 5.73 Å². The summed E-state index contributed by atoms with van der Waals surface area (Å²) in [7, 11) is 0. The average Bonchev–Trinajstić information content (AvgIpc) is 2.14. The van der Waals surface area contributed by atoms with E-state index >= 15 is 0 Å². The predicted molar refractivity (Wildman–Crippen MR) is 55.8 cm³/mol. The van der Waals surface area contributed by atoms with Crippen LogP contribution in [-0.4, -0.2) is 12.1 Å². The number of alkyl halides is 3. The maximum absolute atomic E-state index is 12.1. The second-order valence-corrected chi connectivity index (χ2v) is 4.40. The number of nitrogens with two attached hydrogens (primary N) is 1. The minimum Gasteiger partial charge on any atom is -0.330 e. The van der Waals surface area contributed by atoms with Crippen molar-refractivity contribution in [1.82, 2.24) is 0 Å². The van der Waals surface area contributed by atoms with Gasteiger partial charge in [-0.2, -0.15) is 13.2 Å². The average molecular weight is 235 g/mol. The number of thioether (sulfide) groups is 1. The quantitative estimate of drug-likeness (QED) is 0.813. The van der Waals surface area contributed by atoms with Crippen LogP contribution in [0.3, 0.4) is 0 Å². The molecule has 1 nitrogen and oxygen atoms in total. The molecule has 84 valence electrons. The van der Waals surface area contributed by atoms with Crippen LogP contribution >= 0.6 is 11.8 Å². The Labute approximate surface area is 90.9 Å². The van der Waals surface area contributed by atoms with E-state index in [4.69, 9.17) is 5.73 Å². The van der Waals surface area contributed by atoms with Crippen LogP contribution in [0.25, 0.3) is 0 Å². The summed E-state index contributed by atoms with van der Waals surface area (Å²) < 4.78 is 36.3. The highest BCUT2D eigenvalue weighted by Crippen LogP contribution is 2.37. The highest BCUT2D eigenvalue weighted by atomic mass is 32.2. The molecule has 0 aliphatic carbocycles. The monoisotopic (exact) mass is 235 g/mol. The van der Waals surface area contributed by atoms with Crippen molar-refractivity contribution in [2.24, 2.45) is 5.73 Å². The summed E-state index contributed by atoms with van der Waals surface area (Å²) in [6, 6.07) is 6.40. The van der Waals surface area contributed by atoms with E-state index in [1.54, 1.807) is 12.1 Å². The van der Waals surface area contributed by atoms with E-state index in [1.165, 1.54) is 12.1 Å². The van der Waals surface area contributed by atoms with Gasteiger partial charge in [-0.3, -0.25) is 0 Å². The fourth-order valence-electron chi connectivity index (χ4n) is 1.15. The van der Waals surface area contributed by atoms with Crippen LogP contribution in [0.4, 0.5) is 13.2 Å². The Kier molecular flexibility index (Phi) is 4.04. The van der Waals surface area contributed by atoms with E-state index in [0.717, 1.165) is 5.56 Å². The fraction of sp³-hybridized carbons (Fsp3) is 0.400. The van der Waals surface area contributed by atoms with Crippen molar-refractivity contribution in [3.05, 3.63) is 29.8 Å². The Morgan fingerprint density at radius 2 is 2.07 bits per heavy atom. The first kappa shape index (κ1) is 12.4. The highest BCUT2D eigenvalue weighted by Gasteiger charge is 2.29. The molecule has 0 aromatic heterocycles. The molecule has 0 saturated carbocycles. The normalized spacial score (nSPS) is 13.9. The lowest BCUT2D eigenvalue weighted by Crippen LogP contribution is -2.09. The zero-order valence-electron chi connectivity index (χ0n) is 8.21. The van der Waals surface area contributed by atoms with Gasteiger partial charge in [0, 0.05) is 4.90 Å². The van der Waals surface area contributed by atoms with Crippen molar-refractivity contribution in [1.29, 1.82) is 0 Å². The molecule has 0 bridgehead atoms. The van der Waals surface area contributed by atoms with Crippen molar-refractivity contribution in [2.75, 3.05) is 6.54 Å². The molecule has 1 rings (SSSR count). The minimum atomic E-state index is -4.23. The molecule has 15 heavy (non-hydrogen) atoms. The van der Waals surface area contributed by atoms with Crippen LogP contribution in [0, 0.1) is 0 Å². The van der Waals surface area contributed by atoms with Gasteiger partial charge in [0.1, 0.15) is 0 Å². The number of halogens is 3. The maximum Gasteiger partial charge on any atom is 0.446 e. The van der Waals surface area contributed by atoms with E-state index < -0.39 is 5.51 Å². The van der Waals surface area contributed by atoms with Gasteiger partial charge in [-0.25, -0.2) is 0 Å². The molecule has 0 saturated heterocycles. The van der Waals surface area contributed by atoms with E-state index in [9.17, 15) is 13.2 Å². The fourth-order valence-corrected chi connectivity index (χ4v) is 1.76. The summed E-state index contributed by atoms with van der Waals surface area (Å²) in [6.07, 6.45) is 0. The minimum absolute atomic E-state index is 0.0822. The number of rotatable bonds is 3. The molecule has 1 aromatic rings. The first-order valence-corrected chi connectivity index (χ1v) is 5.30. The molecule has 0 radical (unpaired) electrons. The largest absolute Gasteiger partial charge is 0.446 e.